The minimum Gasteiger partial charge on any atom is -0.481 e. The van der Waals surface area contributed by atoms with Crippen molar-refractivity contribution in [3.63, 3.8) is 0 Å². The predicted molar refractivity (Wildman–Crippen MR) is 184 cm³/mol. The molecule has 0 unspecified atom stereocenters. The molecule has 2 fully saturated rings. The molecular formula is C37H35F4N7O4. The highest BCUT2D eigenvalue weighted by atomic mass is 19.4. The van der Waals surface area contributed by atoms with Crippen molar-refractivity contribution >= 4 is 17.9 Å². The van der Waals surface area contributed by atoms with E-state index in [0.717, 1.165) is 39.9 Å². The first kappa shape index (κ1) is 34.7. The van der Waals surface area contributed by atoms with Gasteiger partial charge >= 0.3 is 12.3 Å². The van der Waals surface area contributed by atoms with Crippen LogP contribution in [0.15, 0.2) is 66.4 Å². The lowest BCUT2D eigenvalue weighted by Crippen LogP contribution is -2.49. The summed E-state index contributed by atoms with van der Waals surface area (Å²) < 4.78 is 71.9. The number of benzene rings is 2. The summed E-state index contributed by atoms with van der Waals surface area (Å²) in [6.45, 7) is 11.1. The van der Waals surface area contributed by atoms with Crippen molar-refractivity contribution < 1.29 is 36.6 Å². The van der Waals surface area contributed by atoms with E-state index in [1.807, 2.05) is 32.0 Å². The van der Waals surface area contributed by atoms with Gasteiger partial charge in [0.25, 0.3) is 0 Å². The number of pyridine rings is 1. The number of ether oxygens (including phenoxy) is 3. The second-order valence-electron chi connectivity index (χ2n) is 13.2. The Morgan fingerprint density at radius 3 is 2.37 bits per heavy atom. The Kier molecular flexibility index (Phi) is 8.75. The Labute approximate surface area is 296 Å². The summed E-state index contributed by atoms with van der Waals surface area (Å²) >= 11 is 0. The maximum Gasteiger partial charge on any atom is 0.416 e. The number of carbonyl (C=O) groups is 1. The van der Waals surface area contributed by atoms with Crippen LogP contribution >= 0.6 is 0 Å². The van der Waals surface area contributed by atoms with E-state index in [1.165, 1.54) is 12.0 Å². The van der Waals surface area contributed by atoms with Crippen molar-refractivity contribution in [1.29, 1.82) is 0 Å². The first-order valence-corrected chi connectivity index (χ1v) is 16.5. The second-order valence-corrected chi connectivity index (χ2v) is 13.2. The normalized spacial score (nSPS) is 18.9. The second kappa shape index (κ2) is 13.1. The highest BCUT2D eigenvalue weighted by Gasteiger charge is 2.42. The Balaban J connectivity index is 1.27. The van der Waals surface area contributed by atoms with Crippen molar-refractivity contribution in [3.8, 4) is 28.1 Å². The van der Waals surface area contributed by atoms with E-state index in [2.05, 4.69) is 27.1 Å². The lowest BCUT2D eigenvalue weighted by molar-refractivity contribution is -0.137. The number of anilines is 1. The van der Waals surface area contributed by atoms with Crippen LogP contribution in [0.4, 0.5) is 28.3 Å². The average Bonchev–Trinajstić information content (AvgIpc) is 3.64. The zero-order chi connectivity index (χ0) is 37.1. The van der Waals surface area contributed by atoms with E-state index in [1.54, 1.807) is 37.2 Å². The van der Waals surface area contributed by atoms with E-state index in [4.69, 9.17) is 19.2 Å². The van der Waals surface area contributed by atoms with Crippen LogP contribution in [-0.2, 0) is 22.2 Å². The van der Waals surface area contributed by atoms with Gasteiger partial charge in [0.05, 0.1) is 44.0 Å². The van der Waals surface area contributed by atoms with Gasteiger partial charge in [0, 0.05) is 34.6 Å². The first-order valence-electron chi connectivity index (χ1n) is 16.5. The van der Waals surface area contributed by atoms with Gasteiger partial charge in [0.1, 0.15) is 12.3 Å². The van der Waals surface area contributed by atoms with Gasteiger partial charge in [0.15, 0.2) is 0 Å². The molecule has 0 saturated carbocycles. The number of rotatable bonds is 8. The number of aryl methyl sites for hydroxylation is 3. The molecule has 3 aliphatic heterocycles. The molecule has 0 radical (unpaired) electrons. The van der Waals surface area contributed by atoms with E-state index in [0.29, 0.717) is 34.2 Å². The number of aromatic nitrogens is 3. The number of nitrogens with one attached hydrogen (secondary N) is 1. The fourth-order valence-electron chi connectivity index (χ4n) is 6.84. The standard InChI is InChI=1S/C37H35F4N7O4/c1-18-7-23(11-26(8-18)37(39,40)41)32-21(4)48(36(49)52-32)17-30-29(14-43-35(44-30)47-15-27(38)16-47)28-12-25(13-42-34(28)50-6)31-19(2)9-24(10-20(31)3)33-46-45-22(5)51-33/h7-14,21,27,32,45H,5,15-17H2,1-4,6H3/t21-,32-/m0/s1. The molecule has 4 aromatic rings. The average molecular weight is 718 g/mol. The molecule has 2 atom stereocenters. The van der Waals surface area contributed by atoms with Crippen LogP contribution in [0.2, 0.25) is 0 Å². The number of cyclic esters (lactones) is 1. The van der Waals surface area contributed by atoms with Gasteiger partial charge in [-0.25, -0.2) is 29.6 Å². The fourth-order valence-corrected chi connectivity index (χ4v) is 6.84. The largest absolute Gasteiger partial charge is 0.481 e. The van der Waals surface area contributed by atoms with Gasteiger partial charge in [-0.05, 0) is 86.9 Å². The number of hydrazone groups is 1. The molecule has 52 heavy (non-hydrogen) atoms. The van der Waals surface area contributed by atoms with Gasteiger partial charge in [-0.15, -0.1) is 5.10 Å². The Bertz CT molecular complexity index is 2110. The first-order chi connectivity index (χ1) is 24.7. The number of alkyl halides is 4. The van der Waals surface area contributed by atoms with Crippen LogP contribution in [0.25, 0.3) is 22.3 Å². The zero-order valence-electron chi connectivity index (χ0n) is 29.0. The van der Waals surface area contributed by atoms with Gasteiger partial charge in [-0.2, -0.15) is 13.2 Å². The van der Waals surface area contributed by atoms with Crippen LogP contribution in [0, 0.1) is 20.8 Å². The van der Waals surface area contributed by atoms with Crippen LogP contribution in [0.3, 0.4) is 0 Å². The monoisotopic (exact) mass is 717 g/mol. The number of nitrogens with zero attached hydrogens (tertiary/aromatic N) is 6. The molecule has 2 aromatic heterocycles. The molecular weight excluding hydrogens is 682 g/mol. The molecule has 0 spiro atoms. The topological polar surface area (TPSA) is 114 Å². The van der Waals surface area contributed by atoms with Gasteiger partial charge < -0.3 is 19.1 Å². The maximum absolute atomic E-state index is 13.9. The summed E-state index contributed by atoms with van der Waals surface area (Å²) in [6, 6.07) is 8.77. The lowest BCUT2D eigenvalue weighted by Gasteiger charge is -2.34. The molecule has 1 N–H and O–H groups in total. The van der Waals surface area contributed by atoms with Crippen molar-refractivity contribution in [1.82, 2.24) is 25.3 Å². The third-order valence-electron chi connectivity index (χ3n) is 9.35. The number of amides is 1. The molecule has 3 aliphatic rings. The third-order valence-corrected chi connectivity index (χ3v) is 9.35. The third kappa shape index (κ3) is 6.46. The number of hydrogen-bond acceptors (Lipinski definition) is 10. The quantitative estimate of drug-likeness (QED) is 0.190. The van der Waals surface area contributed by atoms with Crippen molar-refractivity contribution in [2.45, 2.75) is 58.7 Å². The summed E-state index contributed by atoms with van der Waals surface area (Å²) in [7, 11) is 1.49. The summed E-state index contributed by atoms with van der Waals surface area (Å²) in [5.41, 5.74) is 8.22. The van der Waals surface area contributed by atoms with Gasteiger partial charge in [-0.3, -0.25) is 4.90 Å². The molecule has 15 heteroatoms. The molecule has 0 aliphatic carbocycles. The van der Waals surface area contributed by atoms with Crippen LogP contribution in [-0.4, -0.2) is 64.3 Å². The highest BCUT2D eigenvalue weighted by Crippen LogP contribution is 2.41. The Morgan fingerprint density at radius 2 is 1.73 bits per heavy atom. The van der Waals surface area contributed by atoms with E-state index >= 15 is 0 Å². The molecule has 11 nitrogen and oxygen atoms in total. The molecule has 7 rings (SSSR count). The van der Waals surface area contributed by atoms with E-state index < -0.39 is 36.2 Å². The fraction of sp³-hybridized carbons (Fsp3) is 0.324. The molecule has 1 amide bonds. The van der Waals surface area contributed by atoms with Gasteiger partial charge in [0.2, 0.25) is 23.6 Å². The summed E-state index contributed by atoms with van der Waals surface area (Å²) in [5, 5.41) is 4.18. The van der Waals surface area contributed by atoms with Crippen molar-refractivity contribution in [2.24, 2.45) is 5.10 Å². The van der Waals surface area contributed by atoms with Crippen LogP contribution in [0.5, 0.6) is 5.88 Å². The number of halogens is 4. The molecule has 0 bridgehead atoms. The summed E-state index contributed by atoms with van der Waals surface area (Å²) in [4.78, 5) is 30.5. The van der Waals surface area contributed by atoms with E-state index in [9.17, 15) is 22.4 Å². The molecule has 2 saturated heterocycles. The predicted octanol–water partition coefficient (Wildman–Crippen LogP) is 7.15. The molecule has 270 valence electrons. The number of methoxy groups -OCH3 is 1. The Morgan fingerprint density at radius 1 is 1.00 bits per heavy atom. The number of carbonyl (C=O) groups excluding carboxylic acids is 1. The maximum atomic E-state index is 13.9. The summed E-state index contributed by atoms with van der Waals surface area (Å²) in [6.07, 6.45) is -3.98. The summed E-state index contributed by atoms with van der Waals surface area (Å²) in [5.74, 6) is 1.28. The SMILES string of the molecule is C=C1NN=C(c2cc(C)c(-c3cnc(OC)c(-c4cnc(N5CC(F)C5)nc4CN4C(=O)O[C@H](c5cc(C)cc(C(F)(F)F)c5)[C@@H]4C)c3)c(C)c2)O1. The smallest absolute Gasteiger partial charge is 0.416 e. The molecule has 5 heterocycles. The highest BCUT2D eigenvalue weighted by molar-refractivity contribution is 5.97. The van der Waals surface area contributed by atoms with Gasteiger partial charge in [-0.1, -0.05) is 11.6 Å². The van der Waals surface area contributed by atoms with E-state index in [-0.39, 0.29) is 37.0 Å². The minimum atomic E-state index is -4.57. The zero-order valence-corrected chi connectivity index (χ0v) is 29.0. The Hall–Kier alpha value is -5.73. The van der Waals surface area contributed by atoms with Crippen molar-refractivity contribution in [3.05, 3.63) is 100 Å². The van der Waals surface area contributed by atoms with Crippen molar-refractivity contribution in [2.75, 3.05) is 25.1 Å². The number of hydrogen-bond donors (Lipinski definition) is 1. The van der Waals surface area contributed by atoms with Crippen LogP contribution in [0.1, 0.15) is 52.1 Å². The molecule has 2 aromatic carbocycles. The lowest BCUT2D eigenvalue weighted by atomic mass is 9.92. The minimum absolute atomic E-state index is 0.0895. The van der Waals surface area contributed by atoms with Crippen LogP contribution < -0.4 is 15.1 Å².